The van der Waals surface area contributed by atoms with Gasteiger partial charge in [0.1, 0.15) is 12.6 Å². The largest absolute Gasteiger partial charge is 0.445 e. The van der Waals surface area contributed by atoms with E-state index in [9.17, 15) is 18.0 Å². The molecule has 36 heavy (non-hydrogen) atoms. The summed E-state index contributed by atoms with van der Waals surface area (Å²) in [5.41, 5.74) is -0.949. The van der Waals surface area contributed by atoms with Crippen molar-refractivity contribution in [1.82, 2.24) is 4.90 Å². The molecule has 0 N–H and O–H groups in total. The predicted octanol–water partition coefficient (Wildman–Crippen LogP) is 5.08. The Morgan fingerprint density at radius 2 is 1.81 bits per heavy atom. The molecule has 2 aromatic carbocycles. The van der Waals surface area contributed by atoms with E-state index in [1.807, 2.05) is 35.2 Å². The van der Waals surface area contributed by atoms with Crippen LogP contribution in [0.3, 0.4) is 0 Å². The van der Waals surface area contributed by atoms with Crippen molar-refractivity contribution in [1.29, 1.82) is 0 Å². The molecule has 4 rings (SSSR count). The highest BCUT2D eigenvalue weighted by molar-refractivity contribution is 5.68. The van der Waals surface area contributed by atoms with Gasteiger partial charge in [-0.1, -0.05) is 48.4 Å². The van der Waals surface area contributed by atoms with Crippen LogP contribution < -0.4 is 4.90 Å². The van der Waals surface area contributed by atoms with Crippen LogP contribution in [-0.4, -0.2) is 55.2 Å². The number of amides is 1. The molecule has 2 heterocycles. The van der Waals surface area contributed by atoms with E-state index in [-0.39, 0.29) is 18.2 Å². The normalized spacial score (nSPS) is 23.7. The van der Waals surface area contributed by atoms with Gasteiger partial charge in [0.05, 0.1) is 13.2 Å². The van der Waals surface area contributed by atoms with E-state index in [2.05, 4.69) is 11.8 Å². The van der Waals surface area contributed by atoms with Crippen molar-refractivity contribution in [2.45, 2.75) is 51.0 Å². The first-order chi connectivity index (χ1) is 17.0. The third-order valence-electron chi connectivity index (χ3n) is 6.32. The zero-order valence-electron chi connectivity index (χ0n) is 20.5. The summed E-state index contributed by atoms with van der Waals surface area (Å²) in [6, 6.07) is 15.2. The number of rotatable bonds is 4. The van der Waals surface area contributed by atoms with Gasteiger partial charge in [-0.25, -0.2) is 4.79 Å². The lowest BCUT2D eigenvalue weighted by Gasteiger charge is -2.40. The number of hydrogen-bond donors (Lipinski definition) is 0. The number of piperazine rings is 1. The maximum atomic E-state index is 14.1. The maximum absolute atomic E-state index is 14.1. The van der Waals surface area contributed by atoms with Crippen LogP contribution in [0.5, 0.6) is 0 Å². The van der Waals surface area contributed by atoms with Gasteiger partial charge in [-0.3, -0.25) is 0 Å². The number of benzene rings is 2. The fourth-order valence-corrected chi connectivity index (χ4v) is 4.48. The summed E-state index contributed by atoms with van der Waals surface area (Å²) < 4.78 is 58.3. The van der Waals surface area contributed by atoms with Crippen LogP contribution in [0.1, 0.15) is 31.9 Å². The summed E-state index contributed by atoms with van der Waals surface area (Å²) in [4.78, 5) is 16.2. The zero-order valence-corrected chi connectivity index (χ0v) is 20.5. The van der Waals surface area contributed by atoms with Crippen LogP contribution in [0, 0.1) is 11.8 Å². The molecule has 2 saturated heterocycles. The van der Waals surface area contributed by atoms with Crippen molar-refractivity contribution in [3.8, 4) is 11.8 Å². The highest BCUT2D eigenvalue weighted by atomic mass is 19.4. The van der Waals surface area contributed by atoms with Crippen LogP contribution in [-0.2, 0) is 26.4 Å². The maximum Gasteiger partial charge on any atom is 0.424 e. The molecule has 1 amide bonds. The van der Waals surface area contributed by atoms with Crippen molar-refractivity contribution in [2.24, 2.45) is 0 Å². The molecular formula is C27H29F3N2O4. The molecule has 2 fully saturated rings. The van der Waals surface area contributed by atoms with Gasteiger partial charge in [0, 0.05) is 18.8 Å². The molecule has 1 unspecified atom stereocenters. The Morgan fingerprint density at radius 3 is 2.39 bits per heavy atom. The molecule has 2 atom stereocenters. The fraction of sp³-hybridized carbons (Fsp3) is 0.444. The Hall–Kier alpha value is -3.22. The van der Waals surface area contributed by atoms with Gasteiger partial charge in [0.25, 0.3) is 0 Å². The van der Waals surface area contributed by atoms with Crippen molar-refractivity contribution in [3.63, 3.8) is 0 Å². The summed E-state index contributed by atoms with van der Waals surface area (Å²) in [7, 11) is 0. The van der Waals surface area contributed by atoms with Crippen LogP contribution in [0.2, 0.25) is 0 Å². The van der Waals surface area contributed by atoms with Gasteiger partial charge in [-0.05, 0) is 44.0 Å². The third kappa shape index (κ3) is 5.30. The average molecular weight is 503 g/mol. The van der Waals surface area contributed by atoms with Crippen molar-refractivity contribution >= 4 is 11.8 Å². The topological polar surface area (TPSA) is 51.2 Å². The van der Waals surface area contributed by atoms with Gasteiger partial charge in [-0.2, -0.15) is 13.2 Å². The summed E-state index contributed by atoms with van der Waals surface area (Å²) in [5, 5.41) is 0. The van der Waals surface area contributed by atoms with Gasteiger partial charge in [0.15, 0.2) is 5.79 Å². The molecule has 0 bridgehead atoms. The number of hydrogen-bond acceptors (Lipinski definition) is 5. The highest BCUT2D eigenvalue weighted by Crippen LogP contribution is 2.49. The Kier molecular flexibility index (Phi) is 7.21. The highest BCUT2D eigenvalue weighted by Gasteiger charge is 2.63. The monoisotopic (exact) mass is 502 g/mol. The molecule has 6 nitrogen and oxygen atoms in total. The second kappa shape index (κ2) is 10.0. The van der Waals surface area contributed by atoms with Crippen molar-refractivity contribution < 1.29 is 32.2 Å². The molecule has 0 aliphatic carbocycles. The van der Waals surface area contributed by atoms with Crippen molar-refractivity contribution in [2.75, 3.05) is 31.1 Å². The number of halogens is 3. The molecule has 0 radical (unpaired) electrons. The number of nitrogens with zero attached hydrogens (tertiary/aromatic N) is 2. The zero-order chi connectivity index (χ0) is 26.0. The minimum absolute atomic E-state index is 0.0226. The van der Waals surface area contributed by atoms with Gasteiger partial charge in [0.2, 0.25) is 5.60 Å². The molecule has 192 valence electrons. The van der Waals surface area contributed by atoms with E-state index < -0.39 is 30.3 Å². The lowest BCUT2D eigenvalue weighted by Crippen LogP contribution is -2.54. The number of ether oxygens (including phenoxy) is 3. The Morgan fingerprint density at radius 1 is 1.11 bits per heavy atom. The van der Waals surface area contributed by atoms with Gasteiger partial charge < -0.3 is 24.0 Å². The van der Waals surface area contributed by atoms with E-state index >= 15 is 0 Å². The summed E-state index contributed by atoms with van der Waals surface area (Å²) in [5.74, 6) is 4.65. The van der Waals surface area contributed by atoms with Crippen molar-refractivity contribution in [3.05, 3.63) is 65.7 Å². The average Bonchev–Trinajstić information content (AvgIpc) is 3.20. The number of anilines is 1. The van der Waals surface area contributed by atoms with Crippen LogP contribution in [0.15, 0.2) is 54.6 Å². The van der Waals surface area contributed by atoms with Gasteiger partial charge >= 0.3 is 12.3 Å². The molecular weight excluding hydrogens is 473 g/mol. The van der Waals surface area contributed by atoms with E-state index in [1.165, 1.54) is 26.0 Å². The van der Waals surface area contributed by atoms with Crippen LogP contribution in [0.4, 0.5) is 23.7 Å². The minimum atomic E-state index is -4.65. The fourth-order valence-electron chi connectivity index (χ4n) is 4.48. The van der Waals surface area contributed by atoms with E-state index in [4.69, 9.17) is 14.2 Å². The first-order valence-corrected chi connectivity index (χ1v) is 11.7. The molecule has 0 aromatic heterocycles. The molecule has 0 saturated carbocycles. The molecule has 9 heteroatoms. The van der Waals surface area contributed by atoms with E-state index in [0.29, 0.717) is 25.3 Å². The lowest BCUT2D eigenvalue weighted by atomic mass is 9.93. The first-order valence-electron chi connectivity index (χ1n) is 11.7. The SMILES string of the molecule is CC#C[C@H]1CN(C(=O)OCc2ccccc2)CCN1c1ccc(C2(C(F)(F)F)COC(C)(C)O2)cc1. The first kappa shape index (κ1) is 25.9. The second-order valence-corrected chi connectivity index (χ2v) is 9.25. The molecule has 0 spiro atoms. The van der Waals surface area contributed by atoms with E-state index in [0.717, 1.165) is 5.56 Å². The Labute approximate surface area is 208 Å². The number of carbonyl (C=O) groups excluding carboxylic acids is 1. The van der Waals surface area contributed by atoms with Gasteiger partial charge in [-0.15, -0.1) is 5.92 Å². The smallest absolute Gasteiger partial charge is 0.424 e. The number of carbonyl (C=O) groups is 1. The summed E-state index contributed by atoms with van der Waals surface area (Å²) >= 11 is 0. The predicted molar refractivity (Wildman–Crippen MR) is 128 cm³/mol. The third-order valence-corrected chi connectivity index (χ3v) is 6.32. The quantitative estimate of drug-likeness (QED) is 0.546. The minimum Gasteiger partial charge on any atom is -0.445 e. The molecule has 2 aromatic rings. The molecule has 2 aliphatic heterocycles. The number of alkyl halides is 3. The van der Waals surface area contributed by atoms with E-state index in [1.54, 1.807) is 24.0 Å². The lowest BCUT2D eigenvalue weighted by molar-refractivity contribution is -0.289. The Bertz CT molecular complexity index is 1130. The molecule has 2 aliphatic rings. The van der Waals surface area contributed by atoms with Crippen LogP contribution >= 0.6 is 0 Å². The summed E-state index contributed by atoms with van der Waals surface area (Å²) in [6.45, 7) is 5.37. The van der Waals surface area contributed by atoms with Crippen LogP contribution in [0.25, 0.3) is 0 Å². The summed E-state index contributed by atoms with van der Waals surface area (Å²) in [6.07, 6.45) is -5.07. The standard InChI is InChI=1S/C27H29F3N2O4/c1-4-8-23-17-31(24(33)34-18-20-9-6-5-7-10-20)15-16-32(23)22-13-11-21(12-14-22)26(27(28,29)30)19-35-25(2,3)36-26/h5-7,9-14,23H,15-19H2,1-3H3/t23-,26?/m0/s1. The second-order valence-electron chi connectivity index (χ2n) is 9.25. The Balaban J connectivity index is 1.47.